The van der Waals surface area contributed by atoms with Gasteiger partial charge in [0, 0.05) is 5.92 Å². The lowest BCUT2D eigenvalue weighted by atomic mass is 9.89. The number of benzene rings is 2. The summed E-state index contributed by atoms with van der Waals surface area (Å²) in [6.45, 7) is 5.20. The number of hydrogen-bond acceptors (Lipinski definition) is 1. The maximum Gasteiger partial charge on any atom is 0.234 e. The molecule has 1 heterocycles. The Bertz CT molecular complexity index is 815. The molecule has 0 spiro atoms. The van der Waals surface area contributed by atoms with E-state index in [4.69, 9.17) is 0 Å². The zero-order valence-electron chi connectivity index (χ0n) is 17.0. The molecule has 3 aliphatic rings. The number of allylic oxidation sites excluding steroid dienone is 2. The van der Waals surface area contributed by atoms with Gasteiger partial charge in [0.25, 0.3) is 0 Å². The smallest absolute Gasteiger partial charge is 0.234 e. The molecule has 2 aliphatic carbocycles. The minimum atomic E-state index is -0.199. The molecule has 3 nitrogen and oxygen atoms in total. The van der Waals surface area contributed by atoms with Crippen LogP contribution in [0.2, 0.25) is 0 Å². The second kappa shape index (κ2) is 8.16. The topological polar surface area (TPSA) is 24.8 Å². The van der Waals surface area contributed by atoms with E-state index in [0.717, 1.165) is 55.1 Å². The van der Waals surface area contributed by atoms with Gasteiger partial charge in [-0.05, 0) is 35.8 Å². The molecular weight excluding hydrogens is 356 g/mol. The van der Waals surface area contributed by atoms with Crippen LogP contribution in [0.5, 0.6) is 0 Å². The number of nitrogens with zero attached hydrogens (tertiary/aromatic N) is 1. The summed E-state index contributed by atoms with van der Waals surface area (Å²) in [6, 6.07) is 20.5. The summed E-state index contributed by atoms with van der Waals surface area (Å²) < 4.78 is 0. The van der Waals surface area contributed by atoms with Gasteiger partial charge in [0.15, 0.2) is 0 Å². The fraction of sp³-hybridized carbons (Fsp3) is 0.423. The van der Waals surface area contributed by atoms with Crippen molar-refractivity contribution in [1.29, 1.82) is 0 Å². The summed E-state index contributed by atoms with van der Waals surface area (Å²) in [5.41, 5.74) is 2.18. The van der Waals surface area contributed by atoms with E-state index in [0.29, 0.717) is 0 Å². The zero-order valence-corrected chi connectivity index (χ0v) is 17.0. The SMILES string of the molecule is O=C(C(c1ccccc1)c1ccccc1)N1CC[NH+](C[C@@H]2C[C@H]3C=C[C@H]2C3)CC1. The average Bonchev–Trinajstić information content (AvgIpc) is 3.39. The van der Waals surface area contributed by atoms with E-state index >= 15 is 0 Å². The van der Waals surface area contributed by atoms with Gasteiger partial charge >= 0.3 is 0 Å². The second-order valence-electron chi connectivity index (χ2n) is 9.07. The van der Waals surface area contributed by atoms with Crippen LogP contribution in [-0.2, 0) is 4.79 Å². The number of nitrogens with one attached hydrogen (secondary N) is 1. The first-order valence-corrected chi connectivity index (χ1v) is 11.2. The first-order chi connectivity index (χ1) is 14.3. The van der Waals surface area contributed by atoms with Gasteiger partial charge in [-0.25, -0.2) is 0 Å². The third-order valence-electron chi connectivity index (χ3n) is 7.26. The zero-order chi connectivity index (χ0) is 19.6. The highest BCUT2D eigenvalue weighted by Gasteiger charge is 2.39. The molecule has 29 heavy (non-hydrogen) atoms. The fourth-order valence-corrected chi connectivity index (χ4v) is 5.70. The number of rotatable bonds is 5. The van der Waals surface area contributed by atoms with Crippen molar-refractivity contribution < 1.29 is 9.69 Å². The summed E-state index contributed by atoms with van der Waals surface area (Å²) in [4.78, 5) is 17.4. The Morgan fingerprint density at radius 3 is 2.03 bits per heavy atom. The minimum Gasteiger partial charge on any atom is -0.332 e. The lowest BCUT2D eigenvalue weighted by Gasteiger charge is -2.36. The number of amides is 1. The molecule has 1 aliphatic heterocycles. The molecule has 150 valence electrons. The van der Waals surface area contributed by atoms with Crippen LogP contribution in [0.3, 0.4) is 0 Å². The number of piperazine rings is 1. The summed E-state index contributed by atoms with van der Waals surface area (Å²) >= 11 is 0. The molecule has 2 fully saturated rings. The van der Waals surface area contributed by atoms with Crippen molar-refractivity contribution in [3.8, 4) is 0 Å². The maximum atomic E-state index is 13.6. The lowest BCUT2D eigenvalue weighted by molar-refractivity contribution is -0.907. The molecule has 3 heteroatoms. The molecule has 0 unspecified atom stereocenters. The predicted octanol–water partition coefficient (Wildman–Crippen LogP) is 2.76. The Labute approximate surface area is 174 Å². The monoisotopic (exact) mass is 387 g/mol. The molecule has 2 aromatic carbocycles. The highest BCUT2D eigenvalue weighted by molar-refractivity contribution is 5.87. The molecule has 1 N–H and O–H groups in total. The van der Waals surface area contributed by atoms with Crippen LogP contribution in [-0.4, -0.2) is 43.5 Å². The standard InChI is InChI=1S/C26H30N2O/c29-26(25(21-7-3-1-4-8-21)22-9-5-2-6-10-22)28-15-13-27(14-16-28)19-24-18-20-11-12-23(24)17-20/h1-12,20,23-25H,13-19H2/p+1/t20-,23-,24-/m0/s1. The van der Waals surface area contributed by atoms with Crippen molar-refractivity contribution in [3.63, 3.8) is 0 Å². The largest absolute Gasteiger partial charge is 0.332 e. The Hall–Kier alpha value is -2.39. The summed E-state index contributed by atoms with van der Waals surface area (Å²) in [5.74, 6) is 2.60. The van der Waals surface area contributed by atoms with Crippen molar-refractivity contribution in [2.45, 2.75) is 18.8 Å². The fourth-order valence-electron chi connectivity index (χ4n) is 5.70. The third kappa shape index (κ3) is 3.89. The third-order valence-corrected chi connectivity index (χ3v) is 7.26. The highest BCUT2D eigenvalue weighted by Crippen LogP contribution is 2.42. The van der Waals surface area contributed by atoms with Gasteiger partial charge in [-0.15, -0.1) is 0 Å². The Morgan fingerprint density at radius 2 is 1.52 bits per heavy atom. The molecule has 2 aromatic rings. The van der Waals surface area contributed by atoms with Gasteiger partial charge in [0.05, 0.1) is 38.6 Å². The highest BCUT2D eigenvalue weighted by atomic mass is 16.2. The molecule has 5 rings (SSSR count). The van der Waals surface area contributed by atoms with Crippen molar-refractivity contribution >= 4 is 5.91 Å². The summed E-state index contributed by atoms with van der Waals surface area (Å²) in [7, 11) is 0. The van der Waals surface area contributed by atoms with E-state index in [1.807, 2.05) is 36.4 Å². The van der Waals surface area contributed by atoms with Crippen LogP contribution < -0.4 is 4.90 Å². The summed E-state index contributed by atoms with van der Waals surface area (Å²) in [5, 5.41) is 0. The van der Waals surface area contributed by atoms with Gasteiger partial charge in [0.2, 0.25) is 5.91 Å². The van der Waals surface area contributed by atoms with Crippen LogP contribution in [0.1, 0.15) is 29.9 Å². The molecule has 0 radical (unpaired) electrons. The van der Waals surface area contributed by atoms with Gasteiger partial charge in [0.1, 0.15) is 0 Å². The van der Waals surface area contributed by atoms with Crippen molar-refractivity contribution in [2.75, 3.05) is 32.7 Å². The number of quaternary nitrogens is 1. The maximum absolute atomic E-state index is 13.6. The first kappa shape index (κ1) is 18.6. The van der Waals surface area contributed by atoms with Crippen LogP contribution in [0, 0.1) is 17.8 Å². The summed E-state index contributed by atoms with van der Waals surface area (Å²) in [6.07, 6.45) is 7.67. The van der Waals surface area contributed by atoms with Crippen molar-refractivity contribution in [1.82, 2.24) is 4.90 Å². The average molecular weight is 388 g/mol. The molecule has 3 atom stereocenters. The Balaban J connectivity index is 1.25. The van der Waals surface area contributed by atoms with E-state index in [-0.39, 0.29) is 11.8 Å². The lowest BCUT2D eigenvalue weighted by Crippen LogP contribution is -3.15. The van der Waals surface area contributed by atoms with Crippen LogP contribution in [0.4, 0.5) is 0 Å². The van der Waals surface area contributed by atoms with Gasteiger partial charge in [-0.1, -0.05) is 72.8 Å². The minimum absolute atomic E-state index is 0.199. The number of carbonyl (C=O) groups excluding carboxylic acids is 1. The molecule has 1 saturated heterocycles. The van der Waals surface area contributed by atoms with E-state index in [1.165, 1.54) is 19.4 Å². The molecule has 1 saturated carbocycles. The molecule has 2 bridgehead atoms. The van der Waals surface area contributed by atoms with Crippen molar-refractivity contribution in [2.24, 2.45) is 17.8 Å². The van der Waals surface area contributed by atoms with E-state index < -0.39 is 0 Å². The first-order valence-electron chi connectivity index (χ1n) is 11.2. The molecular formula is C26H31N2O+. The quantitative estimate of drug-likeness (QED) is 0.784. The van der Waals surface area contributed by atoms with Crippen LogP contribution >= 0.6 is 0 Å². The predicted molar refractivity (Wildman–Crippen MR) is 116 cm³/mol. The van der Waals surface area contributed by atoms with Crippen LogP contribution in [0.15, 0.2) is 72.8 Å². The van der Waals surface area contributed by atoms with Gasteiger partial charge < -0.3 is 9.80 Å². The van der Waals surface area contributed by atoms with E-state index in [9.17, 15) is 4.79 Å². The molecule has 0 aromatic heterocycles. The normalized spacial score (nSPS) is 26.4. The van der Waals surface area contributed by atoms with Crippen molar-refractivity contribution in [3.05, 3.63) is 83.9 Å². The molecule has 1 amide bonds. The Kier molecular flexibility index (Phi) is 5.24. The van der Waals surface area contributed by atoms with E-state index in [1.54, 1.807) is 4.90 Å². The van der Waals surface area contributed by atoms with Gasteiger partial charge in [-0.3, -0.25) is 4.79 Å². The Morgan fingerprint density at radius 1 is 0.897 bits per heavy atom. The second-order valence-corrected chi connectivity index (χ2v) is 9.07. The van der Waals surface area contributed by atoms with Crippen LogP contribution in [0.25, 0.3) is 0 Å². The number of fused-ring (bicyclic) bond motifs is 2. The van der Waals surface area contributed by atoms with E-state index in [2.05, 4.69) is 41.3 Å². The number of hydrogen-bond donors (Lipinski definition) is 1. The van der Waals surface area contributed by atoms with Gasteiger partial charge in [-0.2, -0.15) is 0 Å². The number of carbonyl (C=O) groups is 1.